The lowest BCUT2D eigenvalue weighted by Gasteiger charge is -2.14. The SMILES string of the molecule is O=C(O)CC1OC(=O)C2=C1CCCC2. The third-order valence-corrected chi connectivity index (χ3v) is 2.75. The molecule has 2 rings (SSSR count). The van der Waals surface area contributed by atoms with E-state index in [0.717, 1.165) is 36.8 Å². The van der Waals surface area contributed by atoms with E-state index in [2.05, 4.69) is 0 Å². The molecule has 0 radical (unpaired) electrons. The Morgan fingerprint density at radius 1 is 1.43 bits per heavy atom. The average molecular weight is 196 g/mol. The summed E-state index contributed by atoms with van der Waals surface area (Å²) >= 11 is 0. The summed E-state index contributed by atoms with van der Waals surface area (Å²) in [6.07, 6.45) is 3.03. The van der Waals surface area contributed by atoms with Gasteiger partial charge < -0.3 is 9.84 Å². The van der Waals surface area contributed by atoms with Gasteiger partial charge in [0, 0.05) is 5.57 Å². The minimum Gasteiger partial charge on any atom is -0.481 e. The molecule has 0 spiro atoms. The van der Waals surface area contributed by atoms with Gasteiger partial charge >= 0.3 is 11.9 Å². The Morgan fingerprint density at radius 2 is 2.14 bits per heavy atom. The maximum absolute atomic E-state index is 11.3. The van der Waals surface area contributed by atoms with Crippen LogP contribution in [-0.2, 0) is 14.3 Å². The van der Waals surface area contributed by atoms with Gasteiger partial charge in [0.1, 0.15) is 6.10 Å². The second-order valence-corrected chi connectivity index (χ2v) is 3.70. The summed E-state index contributed by atoms with van der Waals surface area (Å²) in [5.74, 6) is -1.21. The van der Waals surface area contributed by atoms with Crippen LogP contribution in [0.3, 0.4) is 0 Å². The standard InChI is InChI=1S/C10H12O4/c11-9(12)5-8-6-3-1-2-4-7(6)10(13)14-8/h8H,1-5H2,(H,11,12). The van der Waals surface area contributed by atoms with Crippen molar-refractivity contribution in [2.45, 2.75) is 38.2 Å². The first-order valence-electron chi connectivity index (χ1n) is 4.83. The van der Waals surface area contributed by atoms with E-state index < -0.39 is 12.1 Å². The van der Waals surface area contributed by atoms with E-state index in [9.17, 15) is 9.59 Å². The number of carboxylic acid groups (broad SMARTS) is 1. The lowest BCUT2D eigenvalue weighted by molar-refractivity contribution is -0.145. The topological polar surface area (TPSA) is 63.6 Å². The number of hydrogen-bond acceptors (Lipinski definition) is 3. The molecule has 0 saturated carbocycles. The van der Waals surface area contributed by atoms with Gasteiger partial charge in [-0.25, -0.2) is 4.79 Å². The number of carbonyl (C=O) groups is 2. The zero-order chi connectivity index (χ0) is 10.1. The van der Waals surface area contributed by atoms with E-state index >= 15 is 0 Å². The van der Waals surface area contributed by atoms with Gasteiger partial charge in [0.2, 0.25) is 0 Å². The molecule has 0 aromatic heterocycles. The highest BCUT2D eigenvalue weighted by Crippen LogP contribution is 2.35. The second-order valence-electron chi connectivity index (χ2n) is 3.70. The monoisotopic (exact) mass is 196 g/mol. The van der Waals surface area contributed by atoms with Crippen molar-refractivity contribution in [2.24, 2.45) is 0 Å². The van der Waals surface area contributed by atoms with Crippen molar-refractivity contribution in [1.29, 1.82) is 0 Å². The van der Waals surface area contributed by atoms with Crippen LogP contribution in [0.1, 0.15) is 32.1 Å². The number of carboxylic acids is 1. The number of ether oxygens (including phenoxy) is 1. The zero-order valence-electron chi connectivity index (χ0n) is 7.78. The van der Waals surface area contributed by atoms with Crippen LogP contribution < -0.4 is 0 Å². The number of carbonyl (C=O) groups excluding carboxylic acids is 1. The molecule has 1 aliphatic carbocycles. The van der Waals surface area contributed by atoms with Crippen LogP contribution in [0.5, 0.6) is 0 Å². The van der Waals surface area contributed by atoms with Crippen molar-refractivity contribution < 1.29 is 19.4 Å². The van der Waals surface area contributed by atoms with Gasteiger partial charge in [-0.05, 0) is 31.3 Å². The van der Waals surface area contributed by atoms with E-state index in [-0.39, 0.29) is 12.4 Å². The molecule has 0 fully saturated rings. The van der Waals surface area contributed by atoms with Crippen molar-refractivity contribution in [3.05, 3.63) is 11.1 Å². The summed E-state index contributed by atoms with van der Waals surface area (Å²) in [7, 11) is 0. The molecule has 14 heavy (non-hydrogen) atoms. The van der Waals surface area contributed by atoms with Gasteiger partial charge in [0.15, 0.2) is 0 Å². The lowest BCUT2D eigenvalue weighted by Crippen LogP contribution is -2.16. The van der Waals surface area contributed by atoms with E-state index in [0.29, 0.717) is 0 Å². The lowest BCUT2D eigenvalue weighted by atomic mass is 9.89. The van der Waals surface area contributed by atoms with Crippen molar-refractivity contribution in [1.82, 2.24) is 0 Å². The van der Waals surface area contributed by atoms with E-state index in [1.165, 1.54) is 0 Å². The first kappa shape index (κ1) is 9.24. The fourth-order valence-electron chi connectivity index (χ4n) is 2.11. The molecule has 4 heteroatoms. The summed E-state index contributed by atoms with van der Waals surface area (Å²) < 4.78 is 5.03. The van der Waals surface area contributed by atoms with Gasteiger partial charge in [0.25, 0.3) is 0 Å². The van der Waals surface area contributed by atoms with Crippen LogP contribution in [0.4, 0.5) is 0 Å². The Bertz CT molecular complexity index is 316. The highest BCUT2D eigenvalue weighted by molar-refractivity contribution is 5.93. The normalized spacial score (nSPS) is 26.0. The number of rotatable bonds is 2. The fraction of sp³-hybridized carbons (Fsp3) is 0.600. The molecule has 0 amide bonds. The Labute approximate surface area is 81.6 Å². The molecular weight excluding hydrogens is 184 g/mol. The van der Waals surface area contributed by atoms with Crippen LogP contribution in [0.2, 0.25) is 0 Å². The highest BCUT2D eigenvalue weighted by Gasteiger charge is 2.35. The van der Waals surface area contributed by atoms with E-state index in [1.54, 1.807) is 0 Å². The van der Waals surface area contributed by atoms with Crippen LogP contribution in [-0.4, -0.2) is 23.1 Å². The predicted molar refractivity (Wildman–Crippen MR) is 47.6 cm³/mol. The van der Waals surface area contributed by atoms with Gasteiger partial charge in [-0.2, -0.15) is 0 Å². The molecule has 1 heterocycles. The summed E-state index contributed by atoms with van der Waals surface area (Å²) in [4.78, 5) is 21.8. The Hall–Kier alpha value is -1.32. The number of cyclic esters (lactones) is 1. The predicted octanol–water partition coefficient (Wildman–Crippen LogP) is 1.26. The minimum atomic E-state index is -0.915. The summed E-state index contributed by atoms with van der Waals surface area (Å²) in [5, 5.41) is 8.64. The van der Waals surface area contributed by atoms with Crippen LogP contribution in [0.15, 0.2) is 11.1 Å². The Kier molecular flexibility index (Phi) is 2.27. The maximum Gasteiger partial charge on any atom is 0.334 e. The first-order chi connectivity index (χ1) is 6.68. The Balaban J connectivity index is 2.18. The van der Waals surface area contributed by atoms with Crippen molar-refractivity contribution >= 4 is 11.9 Å². The maximum atomic E-state index is 11.3. The summed E-state index contributed by atoms with van der Waals surface area (Å²) in [6, 6.07) is 0. The molecule has 1 atom stereocenters. The molecule has 1 unspecified atom stereocenters. The second kappa shape index (κ2) is 3.44. The fourth-order valence-corrected chi connectivity index (χ4v) is 2.11. The third-order valence-electron chi connectivity index (χ3n) is 2.75. The first-order valence-corrected chi connectivity index (χ1v) is 4.83. The molecule has 1 N–H and O–H groups in total. The Morgan fingerprint density at radius 3 is 2.86 bits per heavy atom. The van der Waals surface area contributed by atoms with Crippen molar-refractivity contribution in [3.63, 3.8) is 0 Å². The van der Waals surface area contributed by atoms with E-state index in [1.807, 2.05) is 0 Å². The molecule has 4 nitrogen and oxygen atoms in total. The van der Waals surface area contributed by atoms with Crippen molar-refractivity contribution in [3.8, 4) is 0 Å². The van der Waals surface area contributed by atoms with Gasteiger partial charge in [0.05, 0.1) is 6.42 Å². The number of hydrogen-bond donors (Lipinski definition) is 1. The number of esters is 1. The number of aliphatic carboxylic acids is 1. The zero-order valence-corrected chi connectivity index (χ0v) is 7.78. The molecule has 76 valence electrons. The van der Waals surface area contributed by atoms with Gasteiger partial charge in [-0.3, -0.25) is 4.79 Å². The van der Waals surface area contributed by atoms with Crippen molar-refractivity contribution in [2.75, 3.05) is 0 Å². The van der Waals surface area contributed by atoms with Crippen LogP contribution in [0.25, 0.3) is 0 Å². The molecule has 0 aromatic rings. The molecular formula is C10H12O4. The third kappa shape index (κ3) is 1.52. The highest BCUT2D eigenvalue weighted by atomic mass is 16.5. The smallest absolute Gasteiger partial charge is 0.334 e. The molecule has 2 aliphatic rings. The summed E-state index contributed by atoms with van der Waals surface area (Å²) in [5.41, 5.74) is 1.67. The average Bonchev–Trinajstić information content (AvgIpc) is 2.44. The van der Waals surface area contributed by atoms with Crippen LogP contribution >= 0.6 is 0 Å². The van der Waals surface area contributed by atoms with Gasteiger partial charge in [-0.1, -0.05) is 0 Å². The van der Waals surface area contributed by atoms with E-state index in [4.69, 9.17) is 9.84 Å². The molecule has 0 bridgehead atoms. The molecule has 0 aromatic carbocycles. The molecule has 1 aliphatic heterocycles. The van der Waals surface area contributed by atoms with Crippen LogP contribution in [0, 0.1) is 0 Å². The molecule has 0 saturated heterocycles. The largest absolute Gasteiger partial charge is 0.481 e. The van der Waals surface area contributed by atoms with Gasteiger partial charge in [-0.15, -0.1) is 0 Å². The quantitative estimate of drug-likeness (QED) is 0.675. The minimum absolute atomic E-state index is 0.0927. The summed E-state index contributed by atoms with van der Waals surface area (Å²) in [6.45, 7) is 0.